The third-order valence-corrected chi connectivity index (χ3v) is 4.30. The number of carbonyl (C=O) groups excluding carboxylic acids is 1. The largest absolute Gasteiger partial charge is 1.00 e. The Kier molecular flexibility index (Phi) is 19.3. The Bertz CT molecular complexity index is 276. The van der Waals surface area contributed by atoms with Gasteiger partial charge in [0.2, 0.25) is 0 Å². The van der Waals surface area contributed by atoms with E-state index < -0.39 is 0 Å². The number of halogens is 2. The molecule has 0 saturated heterocycles. The topological polar surface area (TPSA) is 26.3 Å². The van der Waals surface area contributed by atoms with Crippen molar-refractivity contribution >= 4 is 17.6 Å². The lowest BCUT2D eigenvalue weighted by molar-refractivity contribution is -0.888. The van der Waals surface area contributed by atoms with E-state index in [1.807, 2.05) is 0 Å². The molecular weight excluding hydrogens is 425 g/mol. The highest BCUT2D eigenvalue weighted by molar-refractivity contribution is 6.17. The zero-order chi connectivity index (χ0) is 16.7. The Morgan fingerprint density at radius 3 is 1.96 bits per heavy atom. The Morgan fingerprint density at radius 2 is 1.43 bits per heavy atom. The first-order valence-electron chi connectivity index (χ1n) is 9.05. The number of hydrogen-bond acceptors (Lipinski definition) is 2. The molecule has 0 radical (unpaired) electrons. The molecule has 0 rings (SSSR count). The summed E-state index contributed by atoms with van der Waals surface area (Å²) in [5, 5.41) is 0. The van der Waals surface area contributed by atoms with E-state index in [-0.39, 0.29) is 29.9 Å². The number of unbranched alkanes of at least 4 members (excludes halogenated alkanes) is 8. The van der Waals surface area contributed by atoms with E-state index in [1.165, 1.54) is 44.9 Å². The summed E-state index contributed by atoms with van der Waals surface area (Å²) in [6, 6.07) is 0. The number of ether oxygens (including phenoxy) is 1. The van der Waals surface area contributed by atoms with Gasteiger partial charge < -0.3 is 33.2 Å². The lowest BCUT2D eigenvalue weighted by Crippen LogP contribution is -3.00. The van der Waals surface area contributed by atoms with Gasteiger partial charge in [0.1, 0.15) is 13.2 Å². The monoisotopic (exact) mass is 461 g/mol. The van der Waals surface area contributed by atoms with Crippen LogP contribution in [0.25, 0.3) is 0 Å². The molecule has 0 aromatic carbocycles. The minimum Gasteiger partial charge on any atom is -1.00 e. The average molecular weight is 462 g/mol. The van der Waals surface area contributed by atoms with Crippen LogP contribution in [0.5, 0.6) is 0 Å². The molecule has 0 aromatic heterocycles. The molecule has 0 aliphatic carbocycles. The van der Waals surface area contributed by atoms with Gasteiger partial charge in [-0.15, -0.1) is 11.6 Å². The maximum absolute atomic E-state index is 11.6. The molecule has 0 aliphatic rings. The smallest absolute Gasteiger partial charge is 0.305 e. The Morgan fingerprint density at radius 1 is 0.913 bits per heavy atom. The van der Waals surface area contributed by atoms with Crippen molar-refractivity contribution in [2.75, 3.05) is 39.7 Å². The van der Waals surface area contributed by atoms with Gasteiger partial charge in [-0.05, 0) is 6.42 Å². The van der Waals surface area contributed by atoms with Crippen molar-refractivity contribution in [1.29, 1.82) is 0 Å². The van der Waals surface area contributed by atoms with Crippen LogP contribution in [0.3, 0.4) is 0 Å². The van der Waals surface area contributed by atoms with Crippen molar-refractivity contribution in [3.05, 3.63) is 0 Å². The summed E-state index contributed by atoms with van der Waals surface area (Å²) in [6.45, 7) is 4.48. The van der Waals surface area contributed by atoms with E-state index in [2.05, 4.69) is 21.0 Å². The molecule has 140 valence electrons. The Hall–Kier alpha value is 0.450. The van der Waals surface area contributed by atoms with Crippen LogP contribution < -0.4 is 24.0 Å². The molecule has 0 N–H and O–H groups in total. The molecule has 23 heavy (non-hydrogen) atoms. The van der Waals surface area contributed by atoms with Crippen LogP contribution in [0.1, 0.15) is 71.1 Å². The van der Waals surface area contributed by atoms with Crippen LogP contribution in [0.4, 0.5) is 0 Å². The third-order valence-electron chi connectivity index (χ3n) is 4.13. The molecule has 0 aromatic rings. The third kappa shape index (κ3) is 18.6. The van der Waals surface area contributed by atoms with Gasteiger partial charge in [0.25, 0.3) is 0 Å². The summed E-state index contributed by atoms with van der Waals surface area (Å²) in [5.41, 5.74) is 0. The number of alkyl halides is 1. The van der Waals surface area contributed by atoms with Crippen molar-refractivity contribution < 1.29 is 38.0 Å². The lowest BCUT2D eigenvalue weighted by atomic mass is 10.1. The number of hydrogen-bond donors (Lipinski definition) is 0. The minimum atomic E-state index is -0.0474. The fraction of sp³-hybridized carbons (Fsp3) is 0.944. The van der Waals surface area contributed by atoms with E-state index in [1.54, 1.807) is 0 Å². The quantitative estimate of drug-likeness (QED) is 0.122. The van der Waals surface area contributed by atoms with Crippen molar-refractivity contribution in [2.45, 2.75) is 71.1 Å². The number of rotatable bonds is 15. The van der Waals surface area contributed by atoms with Gasteiger partial charge in [0, 0.05) is 6.42 Å². The van der Waals surface area contributed by atoms with E-state index in [4.69, 9.17) is 16.3 Å². The molecule has 0 fully saturated rings. The fourth-order valence-electron chi connectivity index (χ4n) is 2.40. The molecule has 0 heterocycles. The number of likely N-dealkylation sites (N-methyl/N-ethyl adjacent to an activating group) is 1. The van der Waals surface area contributed by atoms with E-state index in [0.29, 0.717) is 18.9 Å². The van der Waals surface area contributed by atoms with Crippen LogP contribution >= 0.6 is 11.6 Å². The first-order chi connectivity index (χ1) is 10.5. The normalized spacial score (nSPS) is 11.1. The van der Waals surface area contributed by atoms with E-state index >= 15 is 0 Å². The molecule has 3 nitrogen and oxygen atoms in total. The summed E-state index contributed by atoms with van der Waals surface area (Å²) in [4.78, 5) is 11.6. The molecule has 0 atom stereocenters. The van der Waals surface area contributed by atoms with Gasteiger partial charge in [0.05, 0.1) is 26.5 Å². The average Bonchev–Trinajstić information content (AvgIpc) is 2.45. The van der Waals surface area contributed by atoms with Gasteiger partial charge in [-0.2, -0.15) is 0 Å². The second-order valence-electron chi connectivity index (χ2n) is 6.87. The lowest BCUT2D eigenvalue weighted by Gasteiger charge is -2.28. The van der Waals surface area contributed by atoms with E-state index in [0.717, 1.165) is 30.4 Å². The van der Waals surface area contributed by atoms with Crippen molar-refractivity contribution in [3.8, 4) is 0 Å². The van der Waals surface area contributed by atoms with Crippen LogP contribution in [-0.2, 0) is 9.53 Å². The molecule has 5 heteroatoms. The SMILES string of the molecule is CCCCCCCCCCCC(=O)OCC[N+](C)(C)CCCl.[I-]. The molecular formula is C18H37ClINO2. The van der Waals surface area contributed by atoms with E-state index in [9.17, 15) is 4.79 Å². The number of quaternary nitrogens is 1. The number of nitrogens with zero attached hydrogens (tertiary/aromatic N) is 1. The zero-order valence-electron chi connectivity index (χ0n) is 15.4. The van der Waals surface area contributed by atoms with Gasteiger partial charge in [-0.1, -0.05) is 58.3 Å². The summed E-state index contributed by atoms with van der Waals surface area (Å²) in [7, 11) is 4.22. The first kappa shape index (κ1) is 25.7. The Labute approximate surface area is 166 Å². The summed E-state index contributed by atoms with van der Waals surface area (Å²) < 4.78 is 6.10. The molecule has 0 unspecified atom stereocenters. The van der Waals surface area contributed by atoms with Crippen LogP contribution in [0.2, 0.25) is 0 Å². The highest BCUT2D eigenvalue weighted by Crippen LogP contribution is 2.10. The highest BCUT2D eigenvalue weighted by Gasteiger charge is 2.14. The summed E-state index contributed by atoms with van der Waals surface area (Å²) >= 11 is 5.75. The number of esters is 1. The minimum absolute atomic E-state index is 0. The van der Waals surface area contributed by atoms with Crippen LogP contribution in [0, 0.1) is 0 Å². The molecule has 0 amide bonds. The van der Waals surface area contributed by atoms with Crippen LogP contribution in [-0.4, -0.2) is 50.1 Å². The zero-order valence-corrected chi connectivity index (χ0v) is 18.3. The maximum Gasteiger partial charge on any atom is 0.305 e. The predicted molar refractivity (Wildman–Crippen MR) is 95.4 cm³/mol. The molecule has 0 bridgehead atoms. The fourth-order valence-corrected chi connectivity index (χ4v) is 2.86. The maximum atomic E-state index is 11.6. The van der Waals surface area contributed by atoms with Crippen molar-refractivity contribution in [3.63, 3.8) is 0 Å². The highest BCUT2D eigenvalue weighted by atomic mass is 127. The summed E-state index contributed by atoms with van der Waals surface area (Å²) in [5.74, 6) is 0.591. The number of carbonyl (C=O) groups is 1. The van der Waals surface area contributed by atoms with Gasteiger partial charge in [-0.3, -0.25) is 4.79 Å². The summed E-state index contributed by atoms with van der Waals surface area (Å²) in [6.07, 6.45) is 12.0. The second-order valence-corrected chi connectivity index (χ2v) is 7.25. The molecule has 0 aliphatic heterocycles. The molecule has 0 spiro atoms. The predicted octanol–water partition coefficient (Wildman–Crippen LogP) is 1.77. The molecule has 0 saturated carbocycles. The van der Waals surface area contributed by atoms with Gasteiger partial charge in [-0.25, -0.2) is 0 Å². The van der Waals surface area contributed by atoms with Gasteiger partial charge >= 0.3 is 5.97 Å². The van der Waals surface area contributed by atoms with Crippen molar-refractivity contribution in [1.82, 2.24) is 0 Å². The van der Waals surface area contributed by atoms with Crippen molar-refractivity contribution in [2.24, 2.45) is 0 Å². The van der Waals surface area contributed by atoms with Gasteiger partial charge in [0.15, 0.2) is 0 Å². The van der Waals surface area contributed by atoms with Crippen LogP contribution in [0.15, 0.2) is 0 Å². The standard InChI is InChI=1S/C18H37ClNO2.HI/c1-4-5-6-7-8-9-10-11-12-13-18(21)22-17-16-20(2,3)15-14-19;/h4-17H2,1-3H3;1H/q+1;/p-1. The second kappa shape index (κ2) is 17.3. The first-order valence-corrected chi connectivity index (χ1v) is 9.59. The Balaban J connectivity index is 0.